The van der Waals surface area contributed by atoms with Gasteiger partial charge >= 0.3 is 0 Å². The number of hydrogen-bond acceptors (Lipinski definition) is 23. The molecule has 10 fully saturated rings. The molecule has 420 valence electrons. The molecule has 0 radical (unpaired) electrons. The van der Waals surface area contributed by atoms with Gasteiger partial charge in [-0.2, -0.15) is 0 Å². The minimum Gasteiger partial charge on any atom is -0.394 e. The molecule has 0 bridgehead atoms. The lowest BCUT2D eigenvalue weighted by molar-refractivity contribution is -0.401. The van der Waals surface area contributed by atoms with Crippen molar-refractivity contribution in [2.75, 3.05) is 33.0 Å². The highest BCUT2D eigenvalue weighted by atomic mass is 16.8. The monoisotopic (exact) mass is 1050 g/mol. The molecular weight excluding hydrogens is 969 g/mol. The van der Waals surface area contributed by atoms with Crippen molar-refractivity contribution in [1.29, 1.82) is 0 Å². The summed E-state index contributed by atoms with van der Waals surface area (Å²) in [6, 6.07) is 0. The zero-order chi connectivity index (χ0) is 52.2. The molecule has 73 heavy (non-hydrogen) atoms. The lowest BCUT2D eigenvalue weighted by atomic mass is 9.44. The normalized spacial score (nSPS) is 58.2. The lowest BCUT2D eigenvalue weighted by Crippen LogP contribution is -2.68. The third-order valence-corrected chi connectivity index (χ3v) is 20.0. The Morgan fingerprint density at radius 2 is 1.14 bits per heavy atom. The molecule has 4 saturated carbocycles. The molecule has 13 N–H and O–H groups in total. The molecule has 0 amide bonds. The highest BCUT2D eigenvalue weighted by molar-refractivity contribution is 5.16. The maximum atomic E-state index is 11.9. The van der Waals surface area contributed by atoms with Crippen LogP contribution in [0.1, 0.15) is 85.5 Å². The first-order valence-corrected chi connectivity index (χ1v) is 26.8. The van der Waals surface area contributed by atoms with Crippen LogP contribution in [0.2, 0.25) is 0 Å². The van der Waals surface area contributed by atoms with E-state index in [1.165, 1.54) is 0 Å². The molecule has 6 aliphatic heterocycles. The second-order valence-corrected chi connectivity index (χ2v) is 24.0. The maximum Gasteiger partial charge on any atom is 0.187 e. The molecule has 0 aromatic carbocycles. The third kappa shape index (κ3) is 9.49. The molecular formula is C50H82O23. The van der Waals surface area contributed by atoms with Gasteiger partial charge in [0.1, 0.15) is 91.6 Å². The predicted octanol–water partition coefficient (Wildman–Crippen LogP) is -3.30. The maximum absolute atomic E-state index is 11.9. The number of rotatable bonds is 11. The van der Waals surface area contributed by atoms with Crippen molar-refractivity contribution in [2.45, 2.75) is 226 Å². The summed E-state index contributed by atoms with van der Waals surface area (Å²) >= 11 is 0. The van der Waals surface area contributed by atoms with Gasteiger partial charge in [0.15, 0.2) is 30.9 Å². The molecule has 23 heteroatoms. The van der Waals surface area contributed by atoms with E-state index in [1.807, 2.05) is 0 Å². The molecule has 1 spiro atoms. The van der Waals surface area contributed by atoms with Crippen LogP contribution in [0.5, 0.6) is 0 Å². The Balaban J connectivity index is 0.812. The highest BCUT2D eigenvalue weighted by Crippen LogP contribution is 2.71. The van der Waals surface area contributed by atoms with Crippen molar-refractivity contribution in [1.82, 2.24) is 0 Å². The first-order valence-electron chi connectivity index (χ1n) is 26.8. The van der Waals surface area contributed by atoms with Gasteiger partial charge in [-0.05, 0) is 97.7 Å². The van der Waals surface area contributed by atoms with E-state index in [1.54, 1.807) is 0 Å². The van der Waals surface area contributed by atoms with Crippen molar-refractivity contribution < 1.29 is 114 Å². The molecule has 0 aromatic rings. The summed E-state index contributed by atoms with van der Waals surface area (Å²) in [6.07, 6.45) is -26.8. The van der Waals surface area contributed by atoms with Gasteiger partial charge in [0.2, 0.25) is 0 Å². The third-order valence-electron chi connectivity index (χ3n) is 20.0. The van der Waals surface area contributed by atoms with E-state index in [9.17, 15) is 66.4 Å². The minimum atomic E-state index is -2.01. The summed E-state index contributed by atoms with van der Waals surface area (Å²) in [5.41, 5.74) is -0.0500. The quantitative estimate of drug-likeness (QED) is 0.0902. The average molecular weight is 1050 g/mol. The van der Waals surface area contributed by atoms with Gasteiger partial charge in [-0.1, -0.05) is 27.7 Å². The van der Waals surface area contributed by atoms with E-state index < -0.39 is 161 Å². The van der Waals surface area contributed by atoms with E-state index in [0.717, 1.165) is 51.6 Å². The Bertz CT molecular complexity index is 1860. The zero-order valence-electron chi connectivity index (χ0n) is 42.0. The number of fused-ring (bicyclic) bond motifs is 7. The number of hydrogen-bond donors (Lipinski definition) is 13. The second-order valence-electron chi connectivity index (χ2n) is 24.0. The van der Waals surface area contributed by atoms with Crippen LogP contribution in [0.15, 0.2) is 0 Å². The van der Waals surface area contributed by atoms with Crippen LogP contribution >= 0.6 is 0 Å². The fraction of sp³-hybridized carbons (Fsp3) is 1.00. The molecule has 4 aliphatic carbocycles. The number of aliphatic hydroxyl groups excluding tert-OH is 13. The van der Waals surface area contributed by atoms with Gasteiger partial charge in [0.05, 0.1) is 51.3 Å². The molecule has 6 saturated heterocycles. The molecule has 0 aromatic heterocycles. The van der Waals surface area contributed by atoms with Crippen LogP contribution in [0, 0.1) is 52.3 Å². The summed E-state index contributed by atoms with van der Waals surface area (Å²) in [7, 11) is 0. The summed E-state index contributed by atoms with van der Waals surface area (Å²) in [4.78, 5) is 0. The average Bonchev–Trinajstić information content (AvgIpc) is 3.82. The van der Waals surface area contributed by atoms with E-state index >= 15 is 0 Å². The fourth-order valence-electron chi connectivity index (χ4n) is 15.9. The minimum absolute atomic E-state index is 0.133. The van der Waals surface area contributed by atoms with Crippen LogP contribution in [0.3, 0.4) is 0 Å². The highest BCUT2D eigenvalue weighted by Gasteiger charge is 2.70. The Morgan fingerprint density at radius 3 is 1.82 bits per heavy atom. The zero-order valence-corrected chi connectivity index (χ0v) is 42.0. The van der Waals surface area contributed by atoms with Crippen LogP contribution in [-0.2, 0) is 47.4 Å². The van der Waals surface area contributed by atoms with Crippen LogP contribution < -0.4 is 0 Å². The molecule has 0 unspecified atom stereocenters. The van der Waals surface area contributed by atoms with E-state index in [0.29, 0.717) is 48.3 Å². The van der Waals surface area contributed by atoms with Crippen molar-refractivity contribution in [3.05, 3.63) is 0 Å². The summed E-state index contributed by atoms with van der Waals surface area (Å²) in [5.74, 6) is 2.36. The summed E-state index contributed by atoms with van der Waals surface area (Å²) in [6.45, 7) is 7.08. The Morgan fingerprint density at radius 1 is 0.521 bits per heavy atom. The number of ether oxygens (including phenoxy) is 10. The van der Waals surface area contributed by atoms with Crippen molar-refractivity contribution in [3.8, 4) is 0 Å². The number of aliphatic hydroxyl groups is 13. The fourth-order valence-corrected chi connectivity index (χ4v) is 15.9. The largest absolute Gasteiger partial charge is 0.394 e. The molecule has 32 atom stereocenters. The van der Waals surface area contributed by atoms with Gasteiger partial charge in [-0.15, -0.1) is 0 Å². The first kappa shape index (κ1) is 55.4. The van der Waals surface area contributed by atoms with E-state index in [2.05, 4.69) is 27.7 Å². The van der Waals surface area contributed by atoms with Crippen LogP contribution in [0.4, 0.5) is 0 Å². The molecule has 10 aliphatic rings. The second kappa shape index (κ2) is 21.3. The molecule has 10 rings (SSSR count). The smallest absolute Gasteiger partial charge is 0.187 e. The standard InChI is InChI=1S/C50H82O23/c1-19-7-10-50(65-17-19)20(2)32-28(73-50)12-24-22-6-5-21-11-27(25(54)13-49(21,4)23(22)8-9-48(24,32)3)66-45-39(62)36(59)41(30(15-52)68-45)71-47-43(72-46-38(61)35(58)34(57)29(14-51)67-46)40(63)42(31(16-53)69-47)70-44-37(60)33(56)26(55)18-64-44/h19-47,51-63H,5-18H2,1-4H3/t19-,20+,21+,22-,23+,24+,25-,26-,27-,28+,29-,30-,31-,32+,33+,34+,35+,36-,37-,38-,39-,40+,41+,42-,43-,44+,45-,46+,47+,48+,49+,50-/m1/s1. The van der Waals surface area contributed by atoms with E-state index in [-0.39, 0.29) is 22.9 Å². The Labute approximate surface area is 424 Å². The van der Waals surface area contributed by atoms with E-state index in [4.69, 9.17) is 47.4 Å². The summed E-state index contributed by atoms with van der Waals surface area (Å²) < 4.78 is 60.8. The van der Waals surface area contributed by atoms with Gasteiger partial charge in [0, 0.05) is 12.3 Å². The lowest BCUT2D eigenvalue weighted by Gasteiger charge is -2.62. The SMILES string of the molecule is C[C@@H]1CC[C@@]2(OC1)O[C@H]1C[C@H]3[C@@H]4CC[C@H]5C[C@@H](O[C@@H]6O[C@H](CO)[C@H](O[C@@H]7O[C@H](CO)[C@@H](O[C@@H]8OC[C@@H](O)[C@H](O)[C@H]8O)[C@H](O)[C@H]7O[C@@H]7O[C@H](CO)[C@H](O)[C@H](O)[C@H]7O)[C@H](O)[C@H]6O)[C@H](O)C[C@]5(C)[C@H]4CC[C@]3(C)[C@H]1[C@@H]2C. The molecule has 23 nitrogen and oxygen atoms in total. The topological polar surface area (TPSA) is 355 Å². The van der Waals surface area contributed by atoms with Crippen molar-refractivity contribution in [2.24, 2.45) is 52.3 Å². The molecule has 6 heterocycles. The van der Waals surface area contributed by atoms with Gasteiger partial charge in [0.25, 0.3) is 0 Å². The van der Waals surface area contributed by atoms with Gasteiger partial charge < -0.3 is 114 Å². The van der Waals surface area contributed by atoms with Gasteiger partial charge in [-0.25, -0.2) is 0 Å². The van der Waals surface area contributed by atoms with Crippen LogP contribution in [0.25, 0.3) is 0 Å². The van der Waals surface area contributed by atoms with Crippen LogP contribution in [-0.4, -0.2) is 240 Å². The van der Waals surface area contributed by atoms with Crippen molar-refractivity contribution >= 4 is 0 Å². The first-order chi connectivity index (χ1) is 34.7. The Hall–Kier alpha value is -0.920. The van der Waals surface area contributed by atoms with Gasteiger partial charge in [-0.3, -0.25) is 0 Å². The Kier molecular flexibility index (Phi) is 16.1. The van der Waals surface area contributed by atoms with Crippen molar-refractivity contribution in [3.63, 3.8) is 0 Å². The predicted molar refractivity (Wildman–Crippen MR) is 244 cm³/mol. The summed E-state index contributed by atoms with van der Waals surface area (Å²) in [5, 5.41) is 141.